The average molecular weight is 584 g/mol. The smallest absolute Gasteiger partial charge is 0.250 e. The van der Waals surface area contributed by atoms with Gasteiger partial charge in [0.05, 0.1) is 5.02 Å². The van der Waals surface area contributed by atoms with E-state index in [4.69, 9.17) is 39.8 Å². The van der Waals surface area contributed by atoms with Crippen molar-refractivity contribution in [3.8, 4) is 21.9 Å². The van der Waals surface area contributed by atoms with Crippen molar-refractivity contribution >= 4 is 68.8 Å². The van der Waals surface area contributed by atoms with Gasteiger partial charge in [0.2, 0.25) is 10.9 Å². The summed E-state index contributed by atoms with van der Waals surface area (Å²) in [5.41, 5.74) is 2.71. The van der Waals surface area contributed by atoms with Crippen molar-refractivity contribution in [2.45, 2.75) is 19.9 Å². The second-order valence-corrected chi connectivity index (χ2v) is 10.3. The summed E-state index contributed by atoms with van der Waals surface area (Å²) in [6.07, 6.45) is 3.67. The zero-order chi connectivity index (χ0) is 26.6. The van der Waals surface area contributed by atoms with E-state index in [1.807, 2.05) is 31.2 Å². The van der Waals surface area contributed by atoms with Crippen molar-refractivity contribution in [1.82, 2.24) is 30.4 Å². The topological polar surface area (TPSA) is 97.3 Å². The quantitative estimate of drug-likeness (QED) is 0.174. The Kier molecular flexibility index (Phi) is 7.85. The molecule has 1 amide bonds. The van der Waals surface area contributed by atoms with Gasteiger partial charge in [0.15, 0.2) is 10.9 Å². The van der Waals surface area contributed by atoms with E-state index in [2.05, 4.69) is 25.9 Å². The van der Waals surface area contributed by atoms with Crippen LogP contribution < -0.4 is 10.6 Å². The highest BCUT2D eigenvalue weighted by molar-refractivity contribution is 7.80. The third-order valence-corrected chi connectivity index (χ3v) is 7.23. The number of hydrogen-bond donors (Lipinski definition) is 2. The first-order valence-electron chi connectivity index (χ1n) is 11.5. The number of thiocarbonyl (C=S) groups is 1. The van der Waals surface area contributed by atoms with Crippen LogP contribution in [-0.2, 0) is 17.8 Å². The fraction of sp³-hybridized carbons (Fsp3) is 0.115. The van der Waals surface area contributed by atoms with Gasteiger partial charge in [-0.25, -0.2) is 0 Å². The van der Waals surface area contributed by atoms with Crippen LogP contribution in [0.2, 0.25) is 10.0 Å². The minimum absolute atomic E-state index is 0.220. The zero-order valence-corrected chi connectivity index (χ0v) is 23.1. The lowest BCUT2D eigenvalue weighted by molar-refractivity contribution is -0.115. The van der Waals surface area contributed by atoms with Crippen LogP contribution in [-0.4, -0.2) is 30.8 Å². The number of halogens is 2. The number of benzene rings is 2. The number of aryl methyl sites for hydroxylation is 1. The number of carbonyl (C=O) groups is 1. The lowest BCUT2D eigenvalue weighted by atomic mass is 10.1. The van der Waals surface area contributed by atoms with Gasteiger partial charge in [0.1, 0.15) is 16.5 Å². The van der Waals surface area contributed by atoms with Gasteiger partial charge < -0.3 is 9.73 Å². The molecule has 5 rings (SSSR count). The van der Waals surface area contributed by atoms with Crippen molar-refractivity contribution in [2.24, 2.45) is 0 Å². The molecule has 3 aromatic heterocycles. The fourth-order valence-electron chi connectivity index (χ4n) is 3.57. The number of nitrogens with one attached hydrogen (secondary N) is 2. The molecule has 2 N–H and O–H groups in total. The maximum atomic E-state index is 12.3. The van der Waals surface area contributed by atoms with Crippen LogP contribution in [0.4, 0.5) is 0 Å². The van der Waals surface area contributed by atoms with Crippen LogP contribution in [0, 0.1) is 0 Å². The molecule has 8 nitrogen and oxygen atoms in total. The maximum Gasteiger partial charge on any atom is 0.250 e. The van der Waals surface area contributed by atoms with E-state index < -0.39 is 0 Å². The first-order chi connectivity index (χ1) is 18.4. The van der Waals surface area contributed by atoms with Gasteiger partial charge in [0, 0.05) is 35.2 Å². The van der Waals surface area contributed by atoms with Crippen LogP contribution in [0.25, 0.3) is 32.9 Å². The molecule has 0 radical (unpaired) electrons. The number of carbonyl (C=O) groups excluding carboxylic acids is 1. The van der Waals surface area contributed by atoms with E-state index in [9.17, 15) is 4.79 Å². The number of fused-ring (bicyclic) bond motifs is 1. The molecule has 0 unspecified atom stereocenters. The lowest BCUT2D eigenvalue weighted by Crippen LogP contribution is -2.37. The Morgan fingerprint density at radius 3 is 2.71 bits per heavy atom. The number of amides is 1. The van der Waals surface area contributed by atoms with Gasteiger partial charge in [-0.3, -0.25) is 10.1 Å². The molecule has 0 saturated carbocycles. The molecule has 38 heavy (non-hydrogen) atoms. The van der Waals surface area contributed by atoms with Gasteiger partial charge in [-0.15, -0.1) is 10.2 Å². The monoisotopic (exact) mass is 582 g/mol. The Hall–Kier alpha value is -3.57. The first-order valence-corrected chi connectivity index (χ1v) is 13.5. The molecule has 12 heteroatoms. The third kappa shape index (κ3) is 5.94. The first kappa shape index (κ1) is 26.1. The highest BCUT2D eigenvalue weighted by Crippen LogP contribution is 2.31. The Labute approximate surface area is 237 Å². The van der Waals surface area contributed by atoms with Gasteiger partial charge >= 0.3 is 0 Å². The molecule has 0 aliphatic carbocycles. The molecule has 2 aromatic carbocycles. The lowest BCUT2D eigenvalue weighted by Gasteiger charge is -2.08. The average Bonchev–Trinajstić information content (AvgIpc) is 3.63. The summed E-state index contributed by atoms with van der Waals surface area (Å²) in [4.78, 5) is 13.1. The van der Waals surface area contributed by atoms with Crippen LogP contribution >= 0.6 is 46.8 Å². The van der Waals surface area contributed by atoms with Crippen molar-refractivity contribution in [3.63, 3.8) is 0 Å². The van der Waals surface area contributed by atoms with Gasteiger partial charge in [-0.05, 0) is 54.2 Å². The van der Waals surface area contributed by atoms with Crippen molar-refractivity contribution in [2.75, 3.05) is 0 Å². The van der Waals surface area contributed by atoms with E-state index >= 15 is 0 Å². The standard InChI is InChI=1S/C26H20Cl2N6O2S2/c1-2-22-31-32-26-34(22)33-24(38-26)16-5-3-15(4-6-16)14-29-25(37)30-23(35)12-9-18-8-11-21(36-18)19-10-7-17(27)13-20(19)28/h3-13H,2,14H2,1H3,(H2,29,30,35,37)/b12-9+. The van der Waals surface area contributed by atoms with E-state index in [-0.39, 0.29) is 11.0 Å². The number of rotatable bonds is 7. The summed E-state index contributed by atoms with van der Waals surface area (Å²) in [6.45, 7) is 2.48. The molecular formula is C26H20Cl2N6O2S2. The van der Waals surface area contributed by atoms with Gasteiger partial charge in [0.25, 0.3) is 0 Å². The van der Waals surface area contributed by atoms with Crippen LogP contribution in [0.15, 0.2) is 65.1 Å². The zero-order valence-electron chi connectivity index (χ0n) is 19.9. The normalized spacial score (nSPS) is 11.3. The summed E-state index contributed by atoms with van der Waals surface area (Å²) in [7, 11) is 0. The number of aromatic nitrogens is 4. The molecule has 0 fully saturated rings. The number of furan rings is 1. The summed E-state index contributed by atoms with van der Waals surface area (Å²) in [5.74, 6) is 1.53. The van der Waals surface area contributed by atoms with E-state index in [0.29, 0.717) is 33.7 Å². The summed E-state index contributed by atoms with van der Waals surface area (Å²) >= 11 is 18.9. The van der Waals surface area contributed by atoms with Crippen molar-refractivity contribution in [3.05, 3.63) is 87.9 Å². The number of nitrogens with zero attached hydrogens (tertiary/aromatic N) is 4. The molecule has 3 heterocycles. The van der Waals surface area contributed by atoms with Gasteiger partial charge in [-0.1, -0.05) is 65.7 Å². The molecule has 0 aliphatic rings. The van der Waals surface area contributed by atoms with Gasteiger partial charge in [-0.2, -0.15) is 9.61 Å². The molecule has 0 bridgehead atoms. The van der Waals surface area contributed by atoms with E-state index in [1.54, 1.807) is 40.9 Å². The summed E-state index contributed by atoms with van der Waals surface area (Å²) in [5, 5.41) is 20.7. The highest BCUT2D eigenvalue weighted by Gasteiger charge is 2.12. The van der Waals surface area contributed by atoms with Crippen molar-refractivity contribution in [1.29, 1.82) is 0 Å². The van der Waals surface area contributed by atoms with Crippen LogP contribution in [0.3, 0.4) is 0 Å². The SMILES string of the molecule is CCc1nnc2sc(-c3ccc(CNC(=S)NC(=O)/C=C/c4ccc(-c5ccc(Cl)cc5Cl)o4)cc3)nn12. The van der Waals surface area contributed by atoms with E-state index in [1.165, 1.54) is 17.4 Å². The third-order valence-electron chi connectivity index (χ3n) is 5.48. The minimum Gasteiger partial charge on any atom is -0.457 e. The molecule has 0 aliphatic heterocycles. The highest BCUT2D eigenvalue weighted by atomic mass is 35.5. The summed E-state index contributed by atoms with van der Waals surface area (Å²) in [6, 6.07) is 16.6. The van der Waals surface area contributed by atoms with Crippen molar-refractivity contribution < 1.29 is 9.21 Å². The predicted octanol–water partition coefficient (Wildman–Crippen LogP) is 6.19. The fourth-order valence-corrected chi connectivity index (χ4v) is 5.11. The predicted molar refractivity (Wildman–Crippen MR) is 154 cm³/mol. The maximum absolute atomic E-state index is 12.3. The largest absolute Gasteiger partial charge is 0.457 e. The number of hydrogen-bond acceptors (Lipinski definition) is 7. The van der Waals surface area contributed by atoms with Crippen LogP contribution in [0.1, 0.15) is 24.1 Å². The molecule has 5 aromatic rings. The Bertz CT molecular complexity index is 1660. The minimum atomic E-state index is -0.380. The second-order valence-electron chi connectivity index (χ2n) is 8.10. The summed E-state index contributed by atoms with van der Waals surface area (Å²) < 4.78 is 7.55. The molecular weight excluding hydrogens is 563 g/mol. The second kappa shape index (κ2) is 11.4. The van der Waals surface area contributed by atoms with Crippen LogP contribution in [0.5, 0.6) is 0 Å². The molecule has 0 saturated heterocycles. The molecule has 0 atom stereocenters. The Morgan fingerprint density at radius 2 is 1.95 bits per heavy atom. The Balaban J connectivity index is 1.12. The Morgan fingerprint density at radius 1 is 1.13 bits per heavy atom. The molecule has 192 valence electrons. The molecule has 0 spiro atoms. The van der Waals surface area contributed by atoms with E-state index in [0.717, 1.165) is 33.3 Å².